The van der Waals surface area contributed by atoms with Gasteiger partial charge in [0.15, 0.2) is 5.78 Å². The lowest BCUT2D eigenvalue weighted by Crippen LogP contribution is -2.58. The van der Waals surface area contributed by atoms with E-state index in [-0.39, 0.29) is 34.9 Å². The summed E-state index contributed by atoms with van der Waals surface area (Å²) in [6.45, 7) is 2.06. The van der Waals surface area contributed by atoms with E-state index in [4.69, 9.17) is 5.26 Å². The van der Waals surface area contributed by atoms with Crippen LogP contribution in [0.5, 0.6) is 5.75 Å². The molecule has 3 aromatic carbocycles. The molecule has 1 aromatic heterocycles. The summed E-state index contributed by atoms with van der Waals surface area (Å²) < 4.78 is 1.47. The number of rotatable bonds is 5. The Labute approximate surface area is 221 Å². The number of carbonyl (C=O) groups is 3. The lowest BCUT2D eigenvalue weighted by atomic mass is 10.0. The second kappa shape index (κ2) is 9.46. The van der Waals surface area contributed by atoms with E-state index in [0.717, 1.165) is 0 Å². The summed E-state index contributed by atoms with van der Waals surface area (Å²) in [5, 5.41) is 25.3. The number of aromatic hydroxyl groups is 1. The van der Waals surface area contributed by atoms with Crippen LogP contribution in [-0.2, 0) is 6.54 Å². The fourth-order valence-corrected chi connectivity index (χ4v) is 4.82. The van der Waals surface area contributed by atoms with E-state index < -0.39 is 17.0 Å². The molecular weight excluding hydrogens is 498 g/mol. The van der Waals surface area contributed by atoms with Gasteiger partial charge in [0, 0.05) is 22.1 Å². The molecule has 2 amide bonds. The van der Waals surface area contributed by atoms with Crippen LogP contribution >= 0.6 is 0 Å². The van der Waals surface area contributed by atoms with Gasteiger partial charge in [-0.2, -0.15) is 10.4 Å². The van der Waals surface area contributed by atoms with Crippen molar-refractivity contribution in [2.75, 3.05) is 10.2 Å². The molecule has 1 aliphatic heterocycles. The number of anilines is 2. The Kier molecular flexibility index (Phi) is 6.14. The van der Waals surface area contributed by atoms with Crippen molar-refractivity contribution < 1.29 is 19.5 Å². The maximum Gasteiger partial charge on any atom is 0.277 e. The Balaban J connectivity index is 1.44. The molecule has 1 atom stereocenters. The van der Waals surface area contributed by atoms with Crippen LogP contribution in [0.4, 0.5) is 11.4 Å². The fraction of sp³-hybridized carbons (Fsp3) is 0.107. The number of fused-ring (bicyclic) bond motifs is 1. The molecule has 10 heteroatoms. The van der Waals surface area contributed by atoms with Crippen LogP contribution in [0.25, 0.3) is 0 Å². The maximum absolute atomic E-state index is 13.8. The summed E-state index contributed by atoms with van der Waals surface area (Å²) in [6.07, 6.45) is 1.34. The van der Waals surface area contributed by atoms with E-state index in [0.29, 0.717) is 22.5 Å². The van der Waals surface area contributed by atoms with Crippen molar-refractivity contribution in [2.45, 2.75) is 18.6 Å². The molecule has 0 saturated carbocycles. The highest BCUT2D eigenvalue weighted by molar-refractivity contribution is 6.25. The maximum atomic E-state index is 13.8. The Morgan fingerprint density at radius 3 is 2.53 bits per heavy atom. The van der Waals surface area contributed by atoms with E-state index in [2.05, 4.69) is 20.7 Å². The third kappa shape index (κ3) is 4.36. The number of amides is 2. The van der Waals surface area contributed by atoms with Crippen molar-refractivity contribution in [2.24, 2.45) is 0 Å². The minimum Gasteiger partial charge on any atom is -0.507 e. The van der Waals surface area contributed by atoms with Crippen LogP contribution in [0, 0.1) is 11.3 Å². The summed E-state index contributed by atoms with van der Waals surface area (Å²) >= 11 is 0. The molecule has 1 aliphatic rings. The third-order valence-electron chi connectivity index (χ3n) is 6.23. The molecular formula is C28H20N5O4Si. The summed E-state index contributed by atoms with van der Waals surface area (Å²) in [6, 6.07) is 21.2. The number of carbonyl (C=O) groups excluding carboxylic acids is 3. The van der Waals surface area contributed by atoms with Gasteiger partial charge in [0.25, 0.3) is 11.8 Å². The molecule has 0 spiro atoms. The van der Waals surface area contributed by atoms with Gasteiger partial charge < -0.3 is 15.3 Å². The molecule has 38 heavy (non-hydrogen) atoms. The van der Waals surface area contributed by atoms with Crippen LogP contribution in [-0.4, -0.2) is 47.9 Å². The number of hydrogen-bond acceptors (Lipinski definition) is 6. The van der Waals surface area contributed by atoms with Gasteiger partial charge in [-0.1, -0.05) is 18.2 Å². The number of nitrogens with zero attached hydrogens (tertiary/aromatic N) is 4. The molecule has 0 saturated heterocycles. The zero-order valence-electron chi connectivity index (χ0n) is 20.2. The van der Waals surface area contributed by atoms with Gasteiger partial charge in [0.05, 0.1) is 45.7 Å². The molecule has 0 unspecified atom stereocenters. The first-order valence-corrected chi connectivity index (χ1v) is 12.1. The number of para-hydroxylation sites is 1. The van der Waals surface area contributed by atoms with Crippen molar-refractivity contribution in [3.05, 3.63) is 107 Å². The van der Waals surface area contributed by atoms with Crippen molar-refractivity contribution in [1.29, 1.82) is 5.26 Å². The molecule has 3 radical (unpaired) electrons. The van der Waals surface area contributed by atoms with Gasteiger partial charge in [0.2, 0.25) is 0 Å². The Morgan fingerprint density at radius 1 is 1.08 bits per heavy atom. The number of aromatic nitrogens is 2. The highest BCUT2D eigenvalue weighted by Gasteiger charge is 2.42. The largest absolute Gasteiger partial charge is 0.507 e. The van der Waals surface area contributed by atoms with Crippen molar-refractivity contribution in [1.82, 2.24) is 9.78 Å². The van der Waals surface area contributed by atoms with E-state index >= 15 is 0 Å². The third-order valence-corrected chi connectivity index (χ3v) is 6.61. The first-order valence-electron chi connectivity index (χ1n) is 11.6. The van der Waals surface area contributed by atoms with Crippen molar-refractivity contribution in [3.8, 4) is 11.8 Å². The molecule has 5 rings (SSSR count). The normalized spacial score (nSPS) is 16.4. The molecule has 2 N–H and O–H groups in total. The van der Waals surface area contributed by atoms with Gasteiger partial charge in [-0.05, 0) is 61.5 Å². The van der Waals surface area contributed by atoms with Crippen molar-refractivity contribution >= 4 is 39.2 Å². The second-order valence-corrected chi connectivity index (χ2v) is 10.1. The minimum atomic E-state index is -0.881. The number of hydrogen-bond donors (Lipinski definition) is 2. The average Bonchev–Trinajstić information content (AvgIpc) is 3.32. The molecule has 0 aliphatic carbocycles. The van der Waals surface area contributed by atoms with Gasteiger partial charge in [-0.3, -0.25) is 19.1 Å². The zero-order chi connectivity index (χ0) is 27.0. The SMILES string of the molecule is C[C@]1([Si])Cn2ncc(C(=O)Nc3cccc(C#N)c3)c2C(=O)N1c1ccc(C(=O)c2ccccc2O)cc1. The van der Waals surface area contributed by atoms with Crippen LogP contribution in [0.15, 0.2) is 79.0 Å². The Morgan fingerprint density at radius 2 is 1.82 bits per heavy atom. The number of ketones is 1. The van der Waals surface area contributed by atoms with E-state index in [1.165, 1.54) is 27.9 Å². The quantitative estimate of drug-likeness (QED) is 0.307. The summed E-state index contributed by atoms with van der Waals surface area (Å²) in [5.41, 5.74) is 2.05. The predicted octanol–water partition coefficient (Wildman–Crippen LogP) is 3.49. The summed E-state index contributed by atoms with van der Waals surface area (Å²) in [7, 11) is 3.69. The first-order chi connectivity index (χ1) is 18.2. The van der Waals surface area contributed by atoms with Gasteiger partial charge >= 0.3 is 0 Å². The number of benzene rings is 3. The smallest absolute Gasteiger partial charge is 0.277 e. The van der Waals surface area contributed by atoms with Crippen LogP contribution < -0.4 is 10.2 Å². The average molecular weight is 519 g/mol. The Hall–Kier alpha value is -5.01. The Bertz CT molecular complexity index is 1640. The van der Waals surface area contributed by atoms with Crippen LogP contribution in [0.1, 0.15) is 49.3 Å². The van der Waals surface area contributed by atoms with Crippen LogP contribution in [0.3, 0.4) is 0 Å². The molecule has 0 bridgehead atoms. The highest BCUT2D eigenvalue weighted by atomic mass is 28.1. The predicted molar refractivity (Wildman–Crippen MR) is 140 cm³/mol. The lowest BCUT2D eigenvalue weighted by molar-refractivity contribution is 0.0924. The fourth-order valence-electron chi connectivity index (χ4n) is 4.44. The zero-order valence-corrected chi connectivity index (χ0v) is 21.2. The van der Waals surface area contributed by atoms with E-state index in [1.54, 1.807) is 67.6 Å². The van der Waals surface area contributed by atoms with E-state index in [9.17, 15) is 19.5 Å². The van der Waals surface area contributed by atoms with Gasteiger partial charge in [0.1, 0.15) is 11.4 Å². The van der Waals surface area contributed by atoms with Gasteiger partial charge in [-0.25, -0.2) is 0 Å². The number of nitrogens with one attached hydrogen (secondary N) is 1. The monoisotopic (exact) mass is 518 g/mol. The van der Waals surface area contributed by atoms with Crippen molar-refractivity contribution in [3.63, 3.8) is 0 Å². The number of phenols is 1. The molecule has 185 valence electrons. The number of phenolic OH excluding ortho intramolecular Hbond substituents is 1. The van der Waals surface area contributed by atoms with Gasteiger partial charge in [-0.15, -0.1) is 0 Å². The molecule has 4 aromatic rings. The molecule has 2 heterocycles. The number of nitriles is 1. The standard InChI is InChI=1S/C28H20N5O4Si/c1-28(38)16-32-24(22(15-30-32)26(36)31-19-6-4-5-17(13-19)14-29)27(37)33(28)20-11-9-18(10-12-20)25(35)21-7-2-3-8-23(21)34/h2-13,15,34H,16H2,1H3,(H,31,36)/t28-/m0/s1. The summed E-state index contributed by atoms with van der Waals surface area (Å²) in [4.78, 5) is 41.2. The first kappa shape index (κ1) is 24.7. The van der Waals surface area contributed by atoms with Crippen LogP contribution in [0.2, 0.25) is 0 Å². The highest BCUT2D eigenvalue weighted by Crippen LogP contribution is 2.32. The second-order valence-electron chi connectivity index (χ2n) is 9.02. The van der Waals surface area contributed by atoms with E-state index in [1.807, 2.05) is 6.07 Å². The minimum absolute atomic E-state index is 0.0934. The topological polar surface area (TPSA) is 128 Å². The lowest BCUT2D eigenvalue weighted by Gasteiger charge is -2.42. The summed E-state index contributed by atoms with van der Waals surface area (Å²) in [5.74, 6) is -1.45. The molecule has 0 fully saturated rings. The molecule has 9 nitrogen and oxygen atoms in total.